The molecule has 2 rings (SSSR count). The van der Waals surface area contributed by atoms with Gasteiger partial charge >= 0.3 is 0 Å². The molecule has 0 radical (unpaired) electrons. The predicted octanol–water partition coefficient (Wildman–Crippen LogP) is -0.629. The van der Waals surface area contributed by atoms with Crippen LogP contribution < -0.4 is 5.14 Å². The highest BCUT2D eigenvalue weighted by molar-refractivity contribution is 7.89. The zero-order valence-electron chi connectivity index (χ0n) is 11.9. The quantitative estimate of drug-likeness (QED) is 0.777. The van der Waals surface area contributed by atoms with Gasteiger partial charge in [0.15, 0.2) is 5.82 Å². The van der Waals surface area contributed by atoms with Crippen molar-refractivity contribution in [2.75, 3.05) is 7.05 Å². The van der Waals surface area contributed by atoms with Crippen LogP contribution in [0.5, 0.6) is 0 Å². The molecule has 2 heterocycles. The Bertz CT molecular complexity index is 776. The van der Waals surface area contributed by atoms with Crippen LogP contribution in [0.3, 0.4) is 0 Å². The summed E-state index contributed by atoms with van der Waals surface area (Å²) in [6.07, 6.45) is 1.30. The number of carbonyl (C=O) groups is 1. The topological polar surface area (TPSA) is 127 Å². The highest BCUT2D eigenvalue weighted by Crippen LogP contribution is 2.14. The summed E-state index contributed by atoms with van der Waals surface area (Å²) in [6.45, 7) is 1.97. The lowest BCUT2D eigenvalue weighted by Crippen LogP contribution is -2.28. The highest BCUT2D eigenvalue weighted by atomic mass is 32.2. The number of rotatable bonds is 4. The summed E-state index contributed by atoms with van der Waals surface area (Å²) >= 11 is 0. The molecule has 114 valence electrons. The SMILES string of the molecule is Cc1nc(CN(C)C(=O)c2cc(S(N)(=O)=O)cn2C)n[nH]1. The lowest BCUT2D eigenvalue weighted by atomic mass is 10.3. The number of aromatic amines is 1. The normalized spacial score (nSPS) is 11.6. The molecular weight excluding hydrogens is 296 g/mol. The minimum atomic E-state index is -3.84. The van der Waals surface area contributed by atoms with Gasteiger partial charge in [-0.25, -0.2) is 18.5 Å². The number of carbonyl (C=O) groups excluding carboxylic acids is 1. The minimum Gasteiger partial charge on any atom is -0.345 e. The number of aryl methyl sites for hydroxylation is 2. The van der Waals surface area contributed by atoms with Gasteiger partial charge in [0, 0.05) is 20.3 Å². The molecule has 2 aromatic heterocycles. The van der Waals surface area contributed by atoms with Gasteiger partial charge in [-0.15, -0.1) is 0 Å². The lowest BCUT2D eigenvalue weighted by Gasteiger charge is -2.15. The van der Waals surface area contributed by atoms with E-state index in [1.54, 1.807) is 21.0 Å². The minimum absolute atomic E-state index is 0.101. The van der Waals surface area contributed by atoms with Crippen LogP contribution in [0.25, 0.3) is 0 Å². The van der Waals surface area contributed by atoms with Gasteiger partial charge in [0.1, 0.15) is 16.4 Å². The second kappa shape index (κ2) is 5.30. The second-order valence-electron chi connectivity index (χ2n) is 4.72. The molecule has 0 aliphatic carbocycles. The van der Waals surface area contributed by atoms with Crippen LogP contribution in [0, 0.1) is 6.92 Å². The third-order valence-electron chi connectivity index (χ3n) is 2.90. The first-order valence-corrected chi connectivity index (χ1v) is 7.55. The summed E-state index contributed by atoms with van der Waals surface area (Å²) in [6, 6.07) is 1.25. The van der Waals surface area contributed by atoms with Crippen LogP contribution in [-0.4, -0.2) is 46.0 Å². The number of amides is 1. The van der Waals surface area contributed by atoms with Gasteiger partial charge < -0.3 is 9.47 Å². The smallest absolute Gasteiger partial charge is 0.270 e. The zero-order valence-corrected chi connectivity index (χ0v) is 12.7. The Balaban J connectivity index is 2.21. The third kappa shape index (κ3) is 3.28. The molecule has 0 fully saturated rings. The van der Waals surface area contributed by atoms with E-state index in [1.165, 1.54) is 21.7 Å². The second-order valence-corrected chi connectivity index (χ2v) is 6.28. The number of H-pyrrole nitrogens is 1. The Morgan fingerprint density at radius 3 is 2.67 bits per heavy atom. The molecule has 0 saturated carbocycles. The molecule has 9 nitrogen and oxygen atoms in total. The van der Waals surface area contributed by atoms with Crippen molar-refractivity contribution in [1.29, 1.82) is 0 Å². The maximum absolute atomic E-state index is 12.3. The Morgan fingerprint density at radius 1 is 1.52 bits per heavy atom. The van der Waals surface area contributed by atoms with E-state index in [-0.39, 0.29) is 23.0 Å². The van der Waals surface area contributed by atoms with Crippen LogP contribution in [0.2, 0.25) is 0 Å². The molecule has 0 aliphatic heterocycles. The molecule has 2 aromatic rings. The van der Waals surface area contributed by atoms with E-state index in [0.29, 0.717) is 11.6 Å². The average molecular weight is 312 g/mol. The maximum Gasteiger partial charge on any atom is 0.270 e. The highest BCUT2D eigenvalue weighted by Gasteiger charge is 2.21. The predicted molar refractivity (Wildman–Crippen MR) is 73.7 cm³/mol. The Labute approximate surface area is 121 Å². The van der Waals surface area contributed by atoms with E-state index in [9.17, 15) is 13.2 Å². The van der Waals surface area contributed by atoms with Crippen molar-refractivity contribution >= 4 is 15.9 Å². The Hall–Kier alpha value is -2.20. The van der Waals surface area contributed by atoms with Crippen molar-refractivity contribution in [2.45, 2.75) is 18.4 Å². The lowest BCUT2D eigenvalue weighted by molar-refractivity contribution is 0.0772. The van der Waals surface area contributed by atoms with Gasteiger partial charge in [0.2, 0.25) is 10.0 Å². The molecular formula is C11H16N6O3S. The van der Waals surface area contributed by atoms with Crippen molar-refractivity contribution in [3.63, 3.8) is 0 Å². The fourth-order valence-electron chi connectivity index (χ4n) is 1.84. The molecule has 0 unspecified atom stereocenters. The standard InChI is InChI=1S/C11H16N6O3S/c1-7-13-10(15-14-7)6-17(3)11(18)9-4-8(5-16(9)2)21(12,19)20/h4-5H,6H2,1-3H3,(H2,12,19,20)(H,13,14,15). The molecule has 10 heteroatoms. The molecule has 1 amide bonds. The molecule has 0 spiro atoms. The number of hydrogen-bond donors (Lipinski definition) is 2. The van der Waals surface area contributed by atoms with Gasteiger partial charge in [-0.1, -0.05) is 0 Å². The van der Waals surface area contributed by atoms with Crippen molar-refractivity contribution < 1.29 is 13.2 Å². The van der Waals surface area contributed by atoms with Crippen LogP contribution >= 0.6 is 0 Å². The fourth-order valence-corrected chi connectivity index (χ4v) is 2.42. The summed E-state index contributed by atoms with van der Waals surface area (Å²) in [5, 5.41) is 11.7. The van der Waals surface area contributed by atoms with E-state index in [1.807, 2.05) is 0 Å². The fraction of sp³-hybridized carbons (Fsp3) is 0.364. The number of sulfonamides is 1. The Morgan fingerprint density at radius 2 is 2.19 bits per heavy atom. The molecule has 0 bridgehead atoms. The Kier molecular flexibility index (Phi) is 3.83. The zero-order chi connectivity index (χ0) is 15.8. The van der Waals surface area contributed by atoms with E-state index in [2.05, 4.69) is 15.2 Å². The van der Waals surface area contributed by atoms with Gasteiger partial charge in [0.25, 0.3) is 5.91 Å². The van der Waals surface area contributed by atoms with E-state index < -0.39 is 10.0 Å². The van der Waals surface area contributed by atoms with Crippen LogP contribution in [-0.2, 0) is 23.6 Å². The summed E-state index contributed by atoms with van der Waals surface area (Å²) < 4.78 is 24.0. The number of nitrogens with one attached hydrogen (secondary N) is 1. The molecule has 0 saturated heterocycles. The maximum atomic E-state index is 12.3. The number of aromatic nitrogens is 4. The van der Waals surface area contributed by atoms with Gasteiger partial charge in [-0.3, -0.25) is 9.89 Å². The van der Waals surface area contributed by atoms with E-state index in [4.69, 9.17) is 5.14 Å². The first-order valence-electron chi connectivity index (χ1n) is 6.01. The largest absolute Gasteiger partial charge is 0.345 e. The first-order chi connectivity index (χ1) is 9.68. The molecule has 21 heavy (non-hydrogen) atoms. The van der Waals surface area contributed by atoms with Crippen LogP contribution in [0.4, 0.5) is 0 Å². The van der Waals surface area contributed by atoms with Crippen molar-refractivity contribution in [1.82, 2.24) is 24.6 Å². The van der Waals surface area contributed by atoms with Crippen LogP contribution in [0.15, 0.2) is 17.2 Å². The van der Waals surface area contributed by atoms with E-state index >= 15 is 0 Å². The van der Waals surface area contributed by atoms with Gasteiger partial charge in [0.05, 0.1) is 6.54 Å². The summed E-state index contributed by atoms with van der Waals surface area (Å²) in [5.41, 5.74) is 0.216. The van der Waals surface area contributed by atoms with Gasteiger partial charge in [-0.05, 0) is 13.0 Å². The summed E-state index contributed by atoms with van der Waals surface area (Å²) in [7, 11) is -0.683. The number of hydrogen-bond acceptors (Lipinski definition) is 5. The third-order valence-corrected chi connectivity index (χ3v) is 3.78. The van der Waals surface area contributed by atoms with Crippen LogP contribution in [0.1, 0.15) is 22.1 Å². The van der Waals surface area contributed by atoms with Gasteiger partial charge in [-0.2, -0.15) is 5.10 Å². The first kappa shape index (κ1) is 15.2. The summed E-state index contributed by atoms with van der Waals surface area (Å²) in [5.74, 6) is 0.778. The van der Waals surface area contributed by atoms with E-state index in [0.717, 1.165) is 0 Å². The number of primary sulfonamides is 1. The molecule has 0 aromatic carbocycles. The van der Waals surface area contributed by atoms with Crippen molar-refractivity contribution in [2.24, 2.45) is 12.2 Å². The monoisotopic (exact) mass is 312 g/mol. The molecule has 3 N–H and O–H groups in total. The molecule has 0 atom stereocenters. The number of nitrogens with two attached hydrogens (primary N) is 1. The number of nitrogens with zero attached hydrogens (tertiary/aromatic N) is 4. The molecule has 0 aliphatic rings. The van der Waals surface area contributed by atoms with Crippen molar-refractivity contribution in [3.8, 4) is 0 Å². The van der Waals surface area contributed by atoms with Crippen molar-refractivity contribution in [3.05, 3.63) is 29.6 Å². The summed E-state index contributed by atoms with van der Waals surface area (Å²) in [4.78, 5) is 17.7. The average Bonchev–Trinajstić information content (AvgIpc) is 2.94.